The van der Waals surface area contributed by atoms with Crippen molar-refractivity contribution in [3.8, 4) is 5.75 Å². The van der Waals surface area contributed by atoms with Crippen molar-refractivity contribution in [3.05, 3.63) is 27.2 Å². The quantitative estimate of drug-likeness (QED) is 0.849. The van der Waals surface area contributed by atoms with Crippen LogP contribution in [-0.2, 0) is 11.2 Å². The number of hydrogen-bond donors (Lipinski definition) is 1. The van der Waals surface area contributed by atoms with Gasteiger partial charge >= 0.3 is 5.97 Å². The van der Waals surface area contributed by atoms with Crippen molar-refractivity contribution in [1.82, 2.24) is 0 Å². The van der Waals surface area contributed by atoms with Gasteiger partial charge in [-0.3, -0.25) is 4.79 Å². The maximum atomic E-state index is 12.7. The molecular weight excluding hydrogens is 339 g/mol. The molecule has 23 heavy (non-hydrogen) atoms. The standard InChI is InChI=1S/C17H18Cl2O4/c18-15-12(23-8-13(20)21)7-10-6-11(5-9-3-1-2-4-9)17(22)14(10)16(15)19/h7,9,11H,1-6,8H2,(H,20,21). The molecule has 0 bridgehead atoms. The van der Waals surface area contributed by atoms with E-state index in [9.17, 15) is 9.59 Å². The van der Waals surface area contributed by atoms with Gasteiger partial charge < -0.3 is 9.84 Å². The van der Waals surface area contributed by atoms with Gasteiger partial charge in [0.05, 0.1) is 5.02 Å². The Hall–Kier alpha value is -1.26. The van der Waals surface area contributed by atoms with Gasteiger partial charge in [0.25, 0.3) is 0 Å². The minimum atomic E-state index is -1.09. The lowest BCUT2D eigenvalue weighted by atomic mass is 9.90. The molecule has 1 unspecified atom stereocenters. The Morgan fingerprint density at radius 2 is 1.96 bits per heavy atom. The third kappa shape index (κ3) is 3.33. The Labute approximate surface area is 144 Å². The molecule has 2 aliphatic rings. The molecule has 1 N–H and O–H groups in total. The number of aliphatic carboxylic acids is 1. The van der Waals surface area contributed by atoms with Gasteiger partial charge in [-0.05, 0) is 30.4 Å². The van der Waals surface area contributed by atoms with Crippen LogP contribution in [0, 0.1) is 11.8 Å². The topological polar surface area (TPSA) is 63.6 Å². The number of carboxylic acids is 1. The summed E-state index contributed by atoms with van der Waals surface area (Å²) < 4.78 is 5.18. The number of Topliss-reactive ketones (excluding diaryl/α,β-unsaturated/α-hetero) is 1. The molecule has 0 spiro atoms. The van der Waals surface area contributed by atoms with Gasteiger partial charge in [-0.1, -0.05) is 48.9 Å². The highest BCUT2D eigenvalue weighted by molar-refractivity contribution is 6.45. The lowest BCUT2D eigenvalue weighted by Crippen LogP contribution is -2.13. The Morgan fingerprint density at radius 3 is 2.61 bits per heavy atom. The molecule has 1 aromatic rings. The predicted octanol–water partition coefficient (Wildman–Crippen LogP) is 4.39. The van der Waals surface area contributed by atoms with Crippen molar-refractivity contribution in [3.63, 3.8) is 0 Å². The molecule has 1 atom stereocenters. The summed E-state index contributed by atoms with van der Waals surface area (Å²) in [6, 6.07) is 1.67. The number of rotatable bonds is 5. The lowest BCUT2D eigenvalue weighted by Gasteiger charge is -2.13. The van der Waals surface area contributed by atoms with Crippen LogP contribution < -0.4 is 4.74 Å². The number of ketones is 1. The molecule has 0 saturated heterocycles. The fourth-order valence-electron chi connectivity index (χ4n) is 3.73. The number of carboxylic acid groups (broad SMARTS) is 1. The van der Waals surface area contributed by atoms with E-state index in [0.717, 1.165) is 12.0 Å². The highest BCUT2D eigenvalue weighted by Gasteiger charge is 2.36. The number of halogens is 2. The summed E-state index contributed by atoms with van der Waals surface area (Å²) in [7, 11) is 0. The summed E-state index contributed by atoms with van der Waals surface area (Å²) in [4.78, 5) is 23.3. The van der Waals surface area contributed by atoms with E-state index >= 15 is 0 Å². The minimum Gasteiger partial charge on any atom is -0.480 e. The van der Waals surface area contributed by atoms with Crippen LogP contribution in [0.4, 0.5) is 0 Å². The molecule has 2 aliphatic carbocycles. The van der Waals surface area contributed by atoms with Gasteiger partial charge in [0.15, 0.2) is 12.4 Å². The number of ether oxygens (including phenoxy) is 1. The molecule has 0 heterocycles. The van der Waals surface area contributed by atoms with Gasteiger partial charge in [-0.25, -0.2) is 4.79 Å². The zero-order valence-electron chi connectivity index (χ0n) is 12.6. The first-order valence-corrected chi connectivity index (χ1v) is 8.62. The molecular formula is C17H18Cl2O4. The Bertz CT molecular complexity index is 650. The number of hydrogen-bond acceptors (Lipinski definition) is 3. The maximum Gasteiger partial charge on any atom is 0.341 e. The normalized spacial score (nSPS) is 20.8. The molecule has 4 nitrogen and oxygen atoms in total. The van der Waals surface area contributed by atoms with E-state index in [2.05, 4.69) is 0 Å². The summed E-state index contributed by atoms with van der Waals surface area (Å²) in [5.41, 5.74) is 1.30. The van der Waals surface area contributed by atoms with Crippen molar-refractivity contribution < 1.29 is 19.4 Å². The fraction of sp³-hybridized carbons (Fsp3) is 0.529. The summed E-state index contributed by atoms with van der Waals surface area (Å²) in [6.07, 6.45) is 6.41. The zero-order valence-corrected chi connectivity index (χ0v) is 14.1. The first-order valence-electron chi connectivity index (χ1n) is 7.87. The third-order valence-electron chi connectivity index (χ3n) is 4.78. The average Bonchev–Trinajstić information content (AvgIpc) is 3.11. The minimum absolute atomic E-state index is 0.0450. The van der Waals surface area contributed by atoms with E-state index in [0.29, 0.717) is 17.9 Å². The van der Waals surface area contributed by atoms with Crippen LogP contribution in [0.15, 0.2) is 6.07 Å². The number of carbonyl (C=O) groups is 2. The predicted molar refractivity (Wildman–Crippen MR) is 87.7 cm³/mol. The Kier molecular flexibility index (Phi) is 4.83. The van der Waals surface area contributed by atoms with Gasteiger partial charge in [0.2, 0.25) is 0 Å². The van der Waals surface area contributed by atoms with E-state index in [1.54, 1.807) is 6.07 Å². The first kappa shape index (κ1) is 16.6. The monoisotopic (exact) mass is 356 g/mol. The molecule has 1 fully saturated rings. The largest absolute Gasteiger partial charge is 0.480 e. The van der Waals surface area contributed by atoms with Crippen molar-refractivity contribution in [2.24, 2.45) is 11.8 Å². The van der Waals surface area contributed by atoms with E-state index in [4.69, 9.17) is 33.0 Å². The van der Waals surface area contributed by atoms with E-state index in [1.165, 1.54) is 25.7 Å². The van der Waals surface area contributed by atoms with Crippen LogP contribution in [0.1, 0.15) is 48.0 Å². The second-order valence-electron chi connectivity index (χ2n) is 6.37. The molecule has 0 radical (unpaired) electrons. The smallest absolute Gasteiger partial charge is 0.341 e. The molecule has 0 aromatic heterocycles. The maximum absolute atomic E-state index is 12.7. The molecule has 1 aromatic carbocycles. The molecule has 0 aliphatic heterocycles. The average molecular weight is 357 g/mol. The van der Waals surface area contributed by atoms with Crippen LogP contribution in [0.5, 0.6) is 5.75 Å². The third-order valence-corrected chi connectivity index (χ3v) is 5.63. The second-order valence-corrected chi connectivity index (χ2v) is 7.13. The van der Waals surface area contributed by atoms with Crippen molar-refractivity contribution in [1.29, 1.82) is 0 Å². The summed E-state index contributed by atoms with van der Waals surface area (Å²) in [5.74, 6) is -0.227. The molecule has 0 amide bonds. The highest BCUT2D eigenvalue weighted by atomic mass is 35.5. The fourth-order valence-corrected chi connectivity index (χ4v) is 4.24. The molecule has 6 heteroatoms. The van der Waals surface area contributed by atoms with E-state index < -0.39 is 12.6 Å². The van der Waals surface area contributed by atoms with Crippen LogP contribution in [0.3, 0.4) is 0 Å². The van der Waals surface area contributed by atoms with Crippen molar-refractivity contribution >= 4 is 35.0 Å². The zero-order chi connectivity index (χ0) is 16.6. The van der Waals surface area contributed by atoms with Crippen molar-refractivity contribution in [2.75, 3.05) is 6.61 Å². The second kappa shape index (κ2) is 6.70. The van der Waals surface area contributed by atoms with Crippen LogP contribution >= 0.6 is 23.2 Å². The number of carbonyl (C=O) groups excluding carboxylic acids is 1. The SMILES string of the molecule is O=C(O)COc1cc2c(c(Cl)c1Cl)C(=O)C(CC1CCCC1)C2. The summed E-state index contributed by atoms with van der Waals surface area (Å²) in [6.45, 7) is -0.492. The van der Waals surface area contributed by atoms with Crippen LogP contribution in [0.2, 0.25) is 10.0 Å². The van der Waals surface area contributed by atoms with Gasteiger partial charge in [0.1, 0.15) is 10.8 Å². The van der Waals surface area contributed by atoms with Crippen molar-refractivity contribution in [2.45, 2.75) is 38.5 Å². The first-order chi connectivity index (χ1) is 11.0. The molecule has 124 valence electrons. The van der Waals surface area contributed by atoms with Gasteiger partial charge in [-0.2, -0.15) is 0 Å². The number of fused-ring (bicyclic) bond motifs is 1. The summed E-state index contributed by atoms with van der Waals surface area (Å²) in [5, 5.41) is 9.01. The van der Waals surface area contributed by atoms with Crippen LogP contribution in [0.25, 0.3) is 0 Å². The van der Waals surface area contributed by atoms with Gasteiger partial charge in [0, 0.05) is 11.5 Å². The van der Waals surface area contributed by atoms with Crippen LogP contribution in [-0.4, -0.2) is 23.5 Å². The lowest BCUT2D eigenvalue weighted by molar-refractivity contribution is -0.139. The van der Waals surface area contributed by atoms with E-state index in [-0.39, 0.29) is 27.5 Å². The van der Waals surface area contributed by atoms with Gasteiger partial charge in [-0.15, -0.1) is 0 Å². The van der Waals surface area contributed by atoms with E-state index in [1.807, 2.05) is 0 Å². The number of benzene rings is 1. The molecule has 3 rings (SSSR count). The highest BCUT2D eigenvalue weighted by Crippen LogP contribution is 2.44. The molecule has 1 saturated carbocycles. The Morgan fingerprint density at radius 1 is 1.26 bits per heavy atom. The Balaban J connectivity index is 1.82. The summed E-state index contributed by atoms with van der Waals surface area (Å²) >= 11 is 12.4.